The van der Waals surface area contributed by atoms with Crippen molar-refractivity contribution in [1.82, 2.24) is 4.90 Å². The summed E-state index contributed by atoms with van der Waals surface area (Å²) in [4.78, 5) is 14.3. The Bertz CT molecular complexity index is 848. The highest BCUT2D eigenvalue weighted by Gasteiger charge is 2.53. The molecule has 2 heterocycles. The number of hydrogen-bond acceptors (Lipinski definition) is 5. The van der Waals surface area contributed by atoms with Crippen LogP contribution in [0.15, 0.2) is 24.3 Å². The van der Waals surface area contributed by atoms with Gasteiger partial charge in [0.2, 0.25) is 5.91 Å². The molecule has 3 atom stereocenters. The molecule has 2 saturated heterocycles. The number of amides is 1. The maximum atomic E-state index is 11.7. The van der Waals surface area contributed by atoms with Gasteiger partial charge in [-0.05, 0) is 49.3 Å². The summed E-state index contributed by atoms with van der Waals surface area (Å²) in [5.74, 6) is 1.44. The molecule has 2 aliphatic heterocycles. The second-order valence-electron chi connectivity index (χ2n) is 9.08. The number of sulfone groups is 1. The third-order valence-electron chi connectivity index (χ3n) is 7.40. The lowest BCUT2D eigenvalue weighted by Crippen LogP contribution is -2.59. The number of likely N-dealkylation sites (tertiary alicyclic amines) is 1. The van der Waals surface area contributed by atoms with Gasteiger partial charge in [0.1, 0.15) is 15.4 Å². The van der Waals surface area contributed by atoms with E-state index in [2.05, 4.69) is 11.0 Å². The molecule has 30 heavy (non-hydrogen) atoms. The Kier molecular flexibility index (Phi) is 7.17. The number of primary amides is 1. The predicted molar refractivity (Wildman–Crippen MR) is 120 cm³/mol. The first-order valence-electron chi connectivity index (χ1n) is 10.7. The van der Waals surface area contributed by atoms with Crippen molar-refractivity contribution in [3.8, 4) is 0 Å². The Morgan fingerprint density at radius 3 is 2.37 bits per heavy atom. The van der Waals surface area contributed by atoms with Crippen molar-refractivity contribution in [2.24, 2.45) is 23.5 Å². The first-order valence-corrected chi connectivity index (χ1v) is 12.5. The molecule has 6 nitrogen and oxygen atoms in total. The average molecular weight is 457 g/mol. The van der Waals surface area contributed by atoms with Crippen LogP contribution in [0, 0.1) is 17.8 Å². The molecule has 1 aromatic rings. The molecule has 3 aliphatic rings. The Morgan fingerprint density at radius 2 is 1.80 bits per heavy atom. The van der Waals surface area contributed by atoms with Crippen molar-refractivity contribution >= 4 is 28.2 Å². The van der Waals surface area contributed by atoms with E-state index in [4.69, 9.17) is 10.5 Å². The zero-order valence-corrected chi connectivity index (χ0v) is 19.2. The number of carbonyl (C=O) groups excluding carboxylic acids is 1. The van der Waals surface area contributed by atoms with E-state index < -0.39 is 15.7 Å². The van der Waals surface area contributed by atoms with Crippen LogP contribution in [0.5, 0.6) is 0 Å². The van der Waals surface area contributed by atoms with Crippen LogP contribution >= 0.6 is 12.4 Å². The maximum Gasteiger partial charge on any atom is 0.248 e. The zero-order valence-electron chi connectivity index (χ0n) is 17.6. The lowest BCUT2D eigenvalue weighted by atomic mass is 9.62. The monoisotopic (exact) mass is 456 g/mol. The van der Waals surface area contributed by atoms with Crippen LogP contribution in [0.1, 0.15) is 48.0 Å². The Morgan fingerprint density at radius 1 is 1.17 bits per heavy atom. The molecule has 0 radical (unpaired) electrons. The number of piperidine rings is 1. The number of benzene rings is 1. The van der Waals surface area contributed by atoms with Gasteiger partial charge in [-0.2, -0.15) is 0 Å². The number of rotatable bonds is 5. The maximum absolute atomic E-state index is 11.7. The third-order valence-corrected chi connectivity index (χ3v) is 9.12. The summed E-state index contributed by atoms with van der Waals surface area (Å²) in [6.45, 7) is 2.88. The molecule has 2 N–H and O–H groups in total. The van der Waals surface area contributed by atoms with Gasteiger partial charge in [0.05, 0.1) is 11.5 Å². The number of nitrogens with zero attached hydrogens (tertiary/aromatic N) is 1. The summed E-state index contributed by atoms with van der Waals surface area (Å²) >= 11 is 0. The summed E-state index contributed by atoms with van der Waals surface area (Å²) in [7, 11) is -1.02. The van der Waals surface area contributed by atoms with E-state index >= 15 is 0 Å². The van der Waals surface area contributed by atoms with Gasteiger partial charge in [-0.3, -0.25) is 4.79 Å². The lowest BCUT2D eigenvalue weighted by Gasteiger charge is -2.56. The predicted octanol–water partition coefficient (Wildman–Crippen LogP) is 2.61. The number of nitrogens with two attached hydrogens (primary N) is 1. The summed E-state index contributed by atoms with van der Waals surface area (Å²) in [6.07, 6.45) is 4.96. The molecule has 2 bridgehead atoms. The van der Waals surface area contributed by atoms with Crippen LogP contribution in [0.2, 0.25) is 0 Å². The van der Waals surface area contributed by atoms with Crippen molar-refractivity contribution in [3.63, 3.8) is 0 Å². The molecule has 3 fully saturated rings. The van der Waals surface area contributed by atoms with Crippen LogP contribution < -0.4 is 5.73 Å². The fourth-order valence-electron chi connectivity index (χ4n) is 6.00. The second-order valence-corrected chi connectivity index (χ2v) is 11.4. The largest absolute Gasteiger partial charge is 0.373 e. The average Bonchev–Trinajstić information content (AvgIpc) is 2.69. The van der Waals surface area contributed by atoms with E-state index in [9.17, 15) is 13.2 Å². The van der Waals surface area contributed by atoms with E-state index in [1.165, 1.54) is 6.42 Å². The highest BCUT2D eigenvalue weighted by atomic mass is 35.5. The summed E-state index contributed by atoms with van der Waals surface area (Å²) in [6, 6.07) is 7.65. The van der Waals surface area contributed by atoms with E-state index in [0.717, 1.165) is 50.9 Å². The summed E-state index contributed by atoms with van der Waals surface area (Å²) in [5.41, 5.74) is 6.74. The second kappa shape index (κ2) is 9.15. The molecule has 4 rings (SSSR count). The molecule has 168 valence electrons. The van der Waals surface area contributed by atoms with Crippen LogP contribution in [0.4, 0.5) is 0 Å². The van der Waals surface area contributed by atoms with E-state index in [1.807, 2.05) is 12.1 Å². The SMILES string of the molecule is CO[C@@]1(c2cccc(C(N)=O)c2)[C@@H]2CCC[C@H]1CN(CC1CCS(=O)(=O)CC1)C2.Cl. The standard InChI is InChI=1S/C22H32N2O4S.ClH/c1-28-22(18-5-2-4-17(12-18)21(23)25)19-6-3-7-20(22)15-24(14-19)13-16-8-10-29(26,27)11-9-16;/h2,4-5,12,16,19-20H,3,6-11,13-15H2,1H3,(H2,23,25);1H/t19-,20+,22+;. The van der Waals surface area contributed by atoms with Gasteiger partial charge in [-0.15, -0.1) is 12.4 Å². The molecule has 0 unspecified atom stereocenters. The van der Waals surface area contributed by atoms with Crippen LogP contribution in [0.3, 0.4) is 0 Å². The first kappa shape index (κ1) is 23.5. The van der Waals surface area contributed by atoms with Gasteiger partial charge in [0.25, 0.3) is 0 Å². The molecule has 0 spiro atoms. The molecular formula is C22H33ClN2O4S. The van der Waals surface area contributed by atoms with Gasteiger partial charge in [0, 0.05) is 44.1 Å². The quantitative estimate of drug-likeness (QED) is 0.735. The third kappa shape index (κ3) is 4.40. The molecular weight excluding hydrogens is 424 g/mol. The van der Waals surface area contributed by atoms with E-state index in [-0.39, 0.29) is 18.0 Å². The van der Waals surface area contributed by atoms with Crippen LogP contribution in [0.25, 0.3) is 0 Å². The van der Waals surface area contributed by atoms with Gasteiger partial charge < -0.3 is 15.4 Å². The highest BCUT2D eigenvalue weighted by Crippen LogP contribution is 2.51. The van der Waals surface area contributed by atoms with Crippen molar-refractivity contribution in [3.05, 3.63) is 35.4 Å². The Hall–Kier alpha value is -1.15. The number of carbonyl (C=O) groups is 1. The Labute approximate surface area is 185 Å². The molecule has 1 aliphatic carbocycles. The van der Waals surface area contributed by atoms with Gasteiger partial charge in [0.15, 0.2) is 0 Å². The number of fused-ring (bicyclic) bond motifs is 2. The molecule has 1 saturated carbocycles. The lowest BCUT2D eigenvalue weighted by molar-refractivity contribution is -0.170. The molecule has 0 aromatic heterocycles. The van der Waals surface area contributed by atoms with Crippen molar-refractivity contribution in [2.45, 2.75) is 37.7 Å². The number of ether oxygens (including phenoxy) is 1. The smallest absolute Gasteiger partial charge is 0.248 e. The number of hydrogen-bond donors (Lipinski definition) is 1. The van der Waals surface area contributed by atoms with Gasteiger partial charge in [-0.25, -0.2) is 8.42 Å². The Balaban J connectivity index is 0.00000256. The number of halogens is 1. The fourth-order valence-corrected chi connectivity index (χ4v) is 7.59. The number of methoxy groups -OCH3 is 1. The zero-order chi connectivity index (χ0) is 20.6. The fraction of sp³-hybridized carbons (Fsp3) is 0.682. The van der Waals surface area contributed by atoms with Crippen molar-refractivity contribution in [2.75, 3.05) is 38.2 Å². The van der Waals surface area contributed by atoms with Gasteiger partial charge in [-0.1, -0.05) is 18.6 Å². The van der Waals surface area contributed by atoms with Crippen molar-refractivity contribution < 1.29 is 17.9 Å². The summed E-state index contributed by atoms with van der Waals surface area (Å²) in [5, 5.41) is 0. The van der Waals surface area contributed by atoms with E-state index in [0.29, 0.717) is 34.8 Å². The highest BCUT2D eigenvalue weighted by molar-refractivity contribution is 7.91. The topological polar surface area (TPSA) is 89.7 Å². The van der Waals surface area contributed by atoms with Gasteiger partial charge >= 0.3 is 0 Å². The molecule has 1 amide bonds. The van der Waals surface area contributed by atoms with Crippen LogP contribution in [-0.4, -0.2) is 57.5 Å². The first-order chi connectivity index (χ1) is 13.8. The summed E-state index contributed by atoms with van der Waals surface area (Å²) < 4.78 is 29.8. The minimum atomic E-state index is -2.82. The molecule has 1 aromatic carbocycles. The normalized spacial score (nSPS) is 31.6. The minimum absolute atomic E-state index is 0. The molecule has 8 heteroatoms. The van der Waals surface area contributed by atoms with Crippen LogP contribution in [-0.2, 0) is 20.2 Å². The minimum Gasteiger partial charge on any atom is -0.373 e. The van der Waals surface area contributed by atoms with E-state index in [1.54, 1.807) is 13.2 Å². The van der Waals surface area contributed by atoms with Crippen molar-refractivity contribution in [1.29, 1.82) is 0 Å².